The Hall–Kier alpha value is -2.52. The first-order chi connectivity index (χ1) is 14.7. The van der Waals surface area contributed by atoms with Crippen LogP contribution < -0.4 is 10.2 Å². The fourth-order valence-electron chi connectivity index (χ4n) is 4.38. The fraction of sp³-hybridized carbons (Fsp3) is 0.476. The minimum absolute atomic E-state index is 0. The van der Waals surface area contributed by atoms with Crippen LogP contribution in [0.3, 0.4) is 0 Å². The minimum atomic E-state index is -0.730. The number of pyridine rings is 2. The molecule has 1 unspecified atom stereocenters. The molecule has 0 aromatic carbocycles. The average Bonchev–Trinajstić information content (AvgIpc) is 3.45. The molecule has 1 saturated carbocycles. The lowest BCUT2D eigenvalue weighted by Crippen LogP contribution is -2.38. The van der Waals surface area contributed by atoms with E-state index in [1.807, 2.05) is 18.2 Å². The lowest BCUT2D eigenvalue weighted by atomic mass is 9.98. The molecular formula is C21H25ClN6O2S. The molecule has 0 bridgehead atoms. The number of rotatable bonds is 5. The van der Waals surface area contributed by atoms with E-state index < -0.39 is 5.97 Å². The molecule has 164 valence electrons. The standard InChI is InChI=1S/C21H24N6O2S.ClH/c28-20(29)14-6-3-9-27(12-14)15-10-17-16(22-11-15)7-8-18(23-17)24-21-26-25-19(30-21)13-4-1-2-5-13;/h7-8,10-11,13-14H,1-6,9,12H2,(H,28,29)(H,23,24,26);1H. The summed E-state index contributed by atoms with van der Waals surface area (Å²) in [6.45, 7) is 1.35. The summed E-state index contributed by atoms with van der Waals surface area (Å²) in [6.07, 6.45) is 8.36. The molecule has 4 heterocycles. The molecule has 5 rings (SSSR count). The SMILES string of the molecule is Cl.O=C(O)C1CCCN(c2cnc3ccc(Nc4nnc(C5CCCC5)s4)nc3c2)C1. The van der Waals surface area contributed by atoms with Crippen molar-refractivity contribution in [2.24, 2.45) is 5.92 Å². The Kier molecular flexibility index (Phi) is 6.52. The Morgan fingerprint density at radius 3 is 2.77 bits per heavy atom. The number of hydrogen-bond acceptors (Lipinski definition) is 8. The van der Waals surface area contributed by atoms with Crippen LogP contribution in [-0.4, -0.2) is 44.3 Å². The summed E-state index contributed by atoms with van der Waals surface area (Å²) in [7, 11) is 0. The molecule has 1 aliphatic carbocycles. The van der Waals surface area contributed by atoms with Crippen LogP contribution in [0.4, 0.5) is 16.6 Å². The van der Waals surface area contributed by atoms with Crippen LogP contribution in [-0.2, 0) is 4.79 Å². The second kappa shape index (κ2) is 9.32. The van der Waals surface area contributed by atoms with Gasteiger partial charge < -0.3 is 15.3 Å². The van der Waals surface area contributed by atoms with Gasteiger partial charge in [0.15, 0.2) is 0 Å². The molecule has 2 aliphatic rings. The number of anilines is 3. The summed E-state index contributed by atoms with van der Waals surface area (Å²) in [5, 5.41) is 23.1. The topological polar surface area (TPSA) is 104 Å². The van der Waals surface area contributed by atoms with Gasteiger partial charge in [-0.2, -0.15) is 0 Å². The first-order valence-corrected chi connectivity index (χ1v) is 11.3. The molecular weight excluding hydrogens is 436 g/mol. The number of aliphatic carboxylic acids is 1. The number of nitrogens with zero attached hydrogens (tertiary/aromatic N) is 5. The third kappa shape index (κ3) is 4.72. The summed E-state index contributed by atoms with van der Waals surface area (Å²) < 4.78 is 0. The van der Waals surface area contributed by atoms with Gasteiger partial charge in [-0.05, 0) is 43.9 Å². The molecule has 1 aliphatic heterocycles. The number of nitrogens with one attached hydrogen (secondary N) is 1. The van der Waals surface area contributed by atoms with Crippen LogP contribution in [0.1, 0.15) is 49.5 Å². The van der Waals surface area contributed by atoms with Gasteiger partial charge in [-0.3, -0.25) is 9.78 Å². The maximum absolute atomic E-state index is 11.4. The van der Waals surface area contributed by atoms with Crippen molar-refractivity contribution in [3.05, 3.63) is 29.4 Å². The van der Waals surface area contributed by atoms with E-state index >= 15 is 0 Å². The number of carboxylic acids is 1. The highest BCUT2D eigenvalue weighted by atomic mass is 35.5. The van der Waals surface area contributed by atoms with Crippen molar-refractivity contribution in [2.45, 2.75) is 44.4 Å². The van der Waals surface area contributed by atoms with Crippen molar-refractivity contribution in [1.29, 1.82) is 0 Å². The molecule has 2 fully saturated rings. The molecule has 3 aromatic heterocycles. The first-order valence-electron chi connectivity index (χ1n) is 10.5. The number of aromatic nitrogens is 4. The smallest absolute Gasteiger partial charge is 0.308 e. The lowest BCUT2D eigenvalue weighted by Gasteiger charge is -2.32. The van der Waals surface area contributed by atoms with E-state index in [4.69, 9.17) is 4.98 Å². The predicted octanol–water partition coefficient (Wildman–Crippen LogP) is 4.61. The van der Waals surface area contributed by atoms with Gasteiger partial charge in [0.2, 0.25) is 5.13 Å². The molecule has 31 heavy (non-hydrogen) atoms. The normalized spacial score (nSPS) is 19.4. The maximum atomic E-state index is 11.4. The third-order valence-corrected chi connectivity index (χ3v) is 7.04. The Morgan fingerprint density at radius 2 is 1.97 bits per heavy atom. The highest BCUT2D eigenvalue weighted by molar-refractivity contribution is 7.15. The van der Waals surface area contributed by atoms with Crippen molar-refractivity contribution < 1.29 is 9.90 Å². The summed E-state index contributed by atoms with van der Waals surface area (Å²) >= 11 is 1.61. The second-order valence-corrected chi connectivity index (χ2v) is 9.11. The zero-order valence-electron chi connectivity index (χ0n) is 17.0. The van der Waals surface area contributed by atoms with Gasteiger partial charge in [0.1, 0.15) is 10.8 Å². The van der Waals surface area contributed by atoms with E-state index in [1.165, 1.54) is 25.7 Å². The Balaban J connectivity index is 0.00000231. The number of halogens is 1. The molecule has 0 amide bonds. The number of hydrogen-bond donors (Lipinski definition) is 2. The van der Waals surface area contributed by atoms with Gasteiger partial charge in [0, 0.05) is 19.0 Å². The van der Waals surface area contributed by atoms with Crippen molar-refractivity contribution in [1.82, 2.24) is 20.2 Å². The molecule has 3 aromatic rings. The highest BCUT2D eigenvalue weighted by Gasteiger charge is 2.26. The minimum Gasteiger partial charge on any atom is -0.481 e. The zero-order valence-corrected chi connectivity index (χ0v) is 18.7. The Bertz CT molecular complexity index is 1070. The van der Waals surface area contributed by atoms with Gasteiger partial charge in [0.05, 0.1) is 28.8 Å². The fourth-order valence-corrected chi connectivity index (χ4v) is 5.30. The largest absolute Gasteiger partial charge is 0.481 e. The highest BCUT2D eigenvalue weighted by Crippen LogP contribution is 2.37. The number of carbonyl (C=O) groups is 1. The van der Waals surface area contributed by atoms with Crippen LogP contribution in [0.5, 0.6) is 0 Å². The molecule has 10 heteroatoms. The van der Waals surface area contributed by atoms with Crippen molar-refractivity contribution in [3.8, 4) is 0 Å². The summed E-state index contributed by atoms with van der Waals surface area (Å²) in [4.78, 5) is 22.7. The molecule has 0 spiro atoms. The molecule has 1 saturated heterocycles. The van der Waals surface area contributed by atoms with Gasteiger partial charge in [-0.1, -0.05) is 24.2 Å². The van der Waals surface area contributed by atoms with Gasteiger partial charge in [-0.25, -0.2) is 4.98 Å². The number of fused-ring (bicyclic) bond motifs is 1. The van der Waals surface area contributed by atoms with Crippen LogP contribution in [0.25, 0.3) is 11.0 Å². The van der Waals surface area contributed by atoms with Gasteiger partial charge in [0.25, 0.3) is 0 Å². The average molecular weight is 461 g/mol. The van der Waals surface area contributed by atoms with Gasteiger partial charge >= 0.3 is 5.97 Å². The summed E-state index contributed by atoms with van der Waals surface area (Å²) in [6, 6.07) is 5.82. The molecule has 0 radical (unpaired) electrons. The van der Waals surface area contributed by atoms with Crippen molar-refractivity contribution >= 4 is 57.4 Å². The first kappa shape index (κ1) is 21.7. The van der Waals surface area contributed by atoms with E-state index in [0.29, 0.717) is 18.3 Å². The van der Waals surface area contributed by atoms with Gasteiger partial charge in [-0.15, -0.1) is 22.6 Å². The Morgan fingerprint density at radius 1 is 1.13 bits per heavy atom. The van der Waals surface area contributed by atoms with Crippen LogP contribution in [0.15, 0.2) is 24.4 Å². The number of carboxylic acid groups (broad SMARTS) is 1. The maximum Gasteiger partial charge on any atom is 0.308 e. The molecule has 8 nitrogen and oxygen atoms in total. The van der Waals surface area contributed by atoms with Crippen LogP contribution in [0.2, 0.25) is 0 Å². The van der Waals surface area contributed by atoms with E-state index in [-0.39, 0.29) is 18.3 Å². The van der Waals surface area contributed by atoms with Crippen molar-refractivity contribution in [3.63, 3.8) is 0 Å². The molecule has 2 N–H and O–H groups in total. The third-order valence-electron chi connectivity index (χ3n) is 6.04. The predicted molar refractivity (Wildman–Crippen MR) is 124 cm³/mol. The Labute approximate surface area is 190 Å². The molecule has 1 atom stereocenters. The zero-order chi connectivity index (χ0) is 20.5. The van der Waals surface area contributed by atoms with Crippen LogP contribution in [0, 0.1) is 5.92 Å². The lowest BCUT2D eigenvalue weighted by molar-refractivity contribution is -0.141. The van der Waals surface area contributed by atoms with Crippen LogP contribution >= 0.6 is 23.7 Å². The second-order valence-electron chi connectivity index (χ2n) is 8.10. The van der Waals surface area contributed by atoms with E-state index in [1.54, 1.807) is 17.5 Å². The van der Waals surface area contributed by atoms with E-state index in [0.717, 1.165) is 46.2 Å². The van der Waals surface area contributed by atoms with Crippen molar-refractivity contribution in [2.75, 3.05) is 23.3 Å². The summed E-state index contributed by atoms with van der Waals surface area (Å²) in [5.74, 6) is 0.195. The monoisotopic (exact) mass is 460 g/mol. The number of piperidine rings is 1. The van der Waals surface area contributed by atoms with E-state index in [2.05, 4.69) is 25.4 Å². The summed E-state index contributed by atoms with van der Waals surface area (Å²) in [5.41, 5.74) is 2.49. The quantitative estimate of drug-likeness (QED) is 0.569. The van der Waals surface area contributed by atoms with E-state index in [9.17, 15) is 9.90 Å².